The van der Waals surface area contributed by atoms with Crippen LogP contribution in [0.4, 0.5) is 0 Å². The van der Waals surface area contributed by atoms with Crippen LogP contribution >= 0.6 is 0 Å². The summed E-state index contributed by atoms with van der Waals surface area (Å²) in [4.78, 5) is 39.6. The van der Waals surface area contributed by atoms with E-state index in [-0.39, 0.29) is 25.3 Å². The second-order valence-electron chi connectivity index (χ2n) is 8.70. The van der Waals surface area contributed by atoms with Crippen LogP contribution in [-0.4, -0.2) is 64.9 Å². The van der Waals surface area contributed by atoms with Gasteiger partial charge in [-0.05, 0) is 29.7 Å². The summed E-state index contributed by atoms with van der Waals surface area (Å²) in [5, 5.41) is 12.3. The van der Waals surface area contributed by atoms with Gasteiger partial charge in [0.05, 0.1) is 6.54 Å². The average Bonchev–Trinajstić information content (AvgIpc) is 3.16. The third-order valence-electron chi connectivity index (χ3n) is 6.32. The Labute approximate surface area is 198 Å². The fourth-order valence-electron chi connectivity index (χ4n) is 4.45. The normalized spacial score (nSPS) is 16.8. The van der Waals surface area contributed by atoms with Crippen molar-refractivity contribution in [1.82, 2.24) is 15.1 Å². The Morgan fingerprint density at radius 2 is 1.79 bits per heavy atom. The van der Waals surface area contributed by atoms with Gasteiger partial charge in [0.2, 0.25) is 5.91 Å². The van der Waals surface area contributed by atoms with Crippen molar-refractivity contribution in [2.45, 2.75) is 38.6 Å². The summed E-state index contributed by atoms with van der Waals surface area (Å²) >= 11 is 0. The monoisotopic (exact) mass is 466 g/mol. The van der Waals surface area contributed by atoms with Crippen LogP contribution in [-0.2, 0) is 29.3 Å². The minimum absolute atomic E-state index is 0.0269. The molecule has 2 aromatic rings. The highest BCUT2D eigenvalue weighted by Crippen LogP contribution is 2.33. The number of amides is 2. The number of nitrogens with one attached hydrogen (secondary N) is 1. The SMILES string of the molecule is NC(=O)C(CCC(=O)O)N1Cc2c(OCc3ccc(CN4CCNCC4)cc3)cccc2C1=O. The first-order valence-electron chi connectivity index (χ1n) is 11.5. The maximum absolute atomic E-state index is 12.9. The quantitative estimate of drug-likeness (QED) is 0.483. The van der Waals surface area contributed by atoms with E-state index in [1.165, 1.54) is 10.5 Å². The summed E-state index contributed by atoms with van der Waals surface area (Å²) in [6.07, 6.45) is -0.275. The Hall–Kier alpha value is -3.43. The molecule has 34 heavy (non-hydrogen) atoms. The number of primary amides is 1. The molecule has 0 radical (unpaired) electrons. The summed E-state index contributed by atoms with van der Waals surface area (Å²) in [5.41, 5.74) is 8.88. The van der Waals surface area contributed by atoms with Crippen LogP contribution in [0.1, 0.15) is 39.9 Å². The van der Waals surface area contributed by atoms with Crippen molar-refractivity contribution in [2.24, 2.45) is 5.73 Å². The molecule has 1 unspecified atom stereocenters. The van der Waals surface area contributed by atoms with Crippen LogP contribution in [0.25, 0.3) is 0 Å². The molecule has 0 saturated carbocycles. The molecule has 9 heteroatoms. The first kappa shape index (κ1) is 23.7. The molecule has 2 aromatic carbocycles. The molecule has 2 heterocycles. The van der Waals surface area contributed by atoms with E-state index in [9.17, 15) is 14.4 Å². The number of carbonyl (C=O) groups excluding carboxylic acids is 2. The molecule has 2 aliphatic heterocycles. The molecular weight excluding hydrogens is 436 g/mol. The largest absolute Gasteiger partial charge is 0.489 e. The van der Waals surface area contributed by atoms with Gasteiger partial charge in [0, 0.05) is 50.3 Å². The number of benzene rings is 2. The lowest BCUT2D eigenvalue weighted by molar-refractivity contribution is -0.137. The molecule has 1 atom stereocenters. The maximum Gasteiger partial charge on any atom is 0.303 e. The van der Waals surface area contributed by atoms with Gasteiger partial charge in [-0.25, -0.2) is 0 Å². The topological polar surface area (TPSA) is 125 Å². The number of hydrogen-bond acceptors (Lipinski definition) is 6. The lowest BCUT2D eigenvalue weighted by atomic mass is 10.1. The molecular formula is C25H30N4O5. The number of carboxylic acid groups (broad SMARTS) is 1. The van der Waals surface area contributed by atoms with Gasteiger partial charge < -0.3 is 25.8 Å². The van der Waals surface area contributed by atoms with Crippen LogP contribution in [0.2, 0.25) is 0 Å². The Balaban J connectivity index is 1.40. The third kappa shape index (κ3) is 5.55. The maximum atomic E-state index is 12.9. The van der Waals surface area contributed by atoms with Crippen molar-refractivity contribution in [1.29, 1.82) is 0 Å². The third-order valence-corrected chi connectivity index (χ3v) is 6.32. The average molecular weight is 467 g/mol. The summed E-state index contributed by atoms with van der Waals surface area (Å²) in [7, 11) is 0. The van der Waals surface area contributed by atoms with Crippen molar-refractivity contribution in [2.75, 3.05) is 26.2 Å². The van der Waals surface area contributed by atoms with Gasteiger partial charge >= 0.3 is 5.97 Å². The van der Waals surface area contributed by atoms with E-state index >= 15 is 0 Å². The fourth-order valence-corrected chi connectivity index (χ4v) is 4.45. The molecule has 4 rings (SSSR count). The lowest BCUT2D eigenvalue weighted by Gasteiger charge is -2.27. The van der Waals surface area contributed by atoms with Crippen LogP contribution in [0.15, 0.2) is 42.5 Å². The zero-order valence-electron chi connectivity index (χ0n) is 19.0. The molecule has 1 fully saturated rings. The zero-order valence-corrected chi connectivity index (χ0v) is 19.0. The van der Waals surface area contributed by atoms with E-state index in [4.69, 9.17) is 15.6 Å². The minimum atomic E-state index is -1.04. The van der Waals surface area contributed by atoms with Gasteiger partial charge in [-0.3, -0.25) is 19.3 Å². The predicted octanol–water partition coefficient (Wildman–Crippen LogP) is 1.35. The van der Waals surface area contributed by atoms with Crippen LogP contribution in [0.3, 0.4) is 0 Å². The van der Waals surface area contributed by atoms with Gasteiger partial charge in [0.1, 0.15) is 18.4 Å². The number of piperazine rings is 1. The molecule has 0 aromatic heterocycles. The van der Waals surface area contributed by atoms with E-state index < -0.39 is 17.9 Å². The Kier molecular flexibility index (Phi) is 7.44. The molecule has 4 N–H and O–H groups in total. The van der Waals surface area contributed by atoms with E-state index in [0.29, 0.717) is 23.5 Å². The van der Waals surface area contributed by atoms with Crippen molar-refractivity contribution >= 4 is 17.8 Å². The lowest BCUT2D eigenvalue weighted by Crippen LogP contribution is -2.45. The highest BCUT2D eigenvalue weighted by molar-refractivity contribution is 6.01. The van der Waals surface area contributed by atoms with Crippen molar-refractivity contribution in [3.8, 4) is 5.75 Å². The Morgan fingerprint density at radius 1 is 1.09 bits per heavy atom. The predicted molar refractivity (Wildman–Crippen MR) is 125 cm³/mol. The number of ether oxygens (including phenoxy) is 1. The number of carboxylic acids is 1. The molecule has 1 saturated heterocycles. The first-order valence-corrected chi connectivity index (χ1v) is 11.5. The van der Waals surface area contributed by atoms with Gasteiger partial charge in [-0.1, -0.05) is 30.3 Å². The minimum Gasteiger partial charge on any atom is -0.489 e. The second-order valence-corrected chi connectivity index (χ2v) is 8.70. The standard InChI is InChI=1S/C25H30N4O5/c26-24(32)21(8-9-23(30)31)29-15-20-19(25(29)33)2-1-3-22(20)34-16-18-6-4-17(5-7-18)14-28-12-10-27-11-13-28/h1-7,21,27H,8-16H2,(H2,26,32)(H,30,31). The summed E-state index contributed by atoms with van der Waals surface area (Å²) < 4.78 is 6.05. The Morgan fingerprint density at radius 3 is 2.47 bits per heavy atom. The number of hydrogen-bond donors (Lipinski definition) is 3. The van der Waals surface area contributed by atoms with E-state index in [2.05, 4.69) is 22.3 Å². The molecule has 0 spiro atoms. The van der Waals surface area contributed by atoms with Gasteiger partial charge in [0.15, 0.2) is 0 Å². The highest BCUT2D eigenvalue weighted by Gasteiger charge is 2.37. The second kappa shape index (κ2) is 10.7. The van der Waals surface area contributed by atoms with E-state index in [1.54, 1.807) is 18.2 Å². The smallest absolute Gasteiger partial charge is 0.303 e. The fraction of sp³-hybridized carbons (Fsp3) is 0.400. The summed E-state index contributed by atoms with van der Waals surface area (Å²) in [6.45, 7) is 5.56. The number of fused-ring (bicyclic) bond motifs is 1. The number of nitrogens with two attached hydrogens (primary N) is 1. The molecule has 0 bridgehead atoms. The van der Waals surface area contributed by atoms with Crippen LogP contribution in [0, 0.1) is 0 Å². The molecule has 2 amide bonds. The first-order chi connectivity index (χ1) is 16.4. The van der Waals surface area contributed by atoms with Crippen molar-refractivity contribution < 1.29 is 24.2 Å². The Bertz CT molecular complexity index is 1050. The van der Waals surface area contributed by atoms with Crippen LogP contribution < -0.4 is 15.8 Å². The molecule has 9 nitrogen and oxygen atoms in total. The summed E-state index contributed by atoms with van der Waals surface area (Å²) in [5.74, 6) is -1.53. The number of nitrogens with zero attached hydrogens (tertiary/aromatic N) is 2. The molecule has 180 valence electrons. The van der Waals surface area contributed by atoms with E-state index in [1.807, 2.05) is 12.1 Å². The zero-order chi connectivity index (χ0) is 24.1. The van der Waals surface area contributed by atoms with Crippen molar-refractivity contribution in [3.05, 3.63) is 64.7 Å². The van der Waals surface area contributed by atoms with Crippen molar-refractivity contribution in [3.63, 3.8) is 0 Å². The van der Waals surface area contributed by atoms with Crippen LogP contribution in [0.5, 0.6) is 5.75 Å². The molecule has 0 aliphatic carbocycles. The van der Waals surface area contributed by atoms with Gasteiger partial charge in [0.25, 0.3) is 5.91 Å². The number of rotatable bonds is 10. The van der Waals surface area contributed by atoms with Gasteiger partial charge in [-0.15, -0.1) is 0 Å². The van der Waals surface area contributed by atoms with Gasteiger partial charge in [-0.2, -0.15) is 0 Å². The highest BCUT2D eigenvalue weighted by atomic mass is 16.5. The number of carbonyl (C=O) groups is 3. The molecule has 2 aliphatic rings. The summed E-state index contributed by atoms with van der Waals surface area (Å²) in [6, 6.07) is 12.6. The number of aliphatic carboxylic acids is 1. The van der Waals surface area contributed by atoms with E-state index in [0.717, 1.165) is 38.3 Å².